The predicted molar refractivity (Wildman–Crippen MR) is 88.0 cm³/mol. The molecule has 0 radical (unpaired) electrons. The van der Waals surface area contributed by atoms with Gasteiger partial charge in [-0.15, -0.1) is 12.4 Å². The summed E-state index contributed by atoms with van der Waals surface area (Å²) in [7, 11) is 2.24. The van der Waals surface area contributed by atoms with Gasteiger partial charge < -0.3 is 5.32 Å². The van der Waals surface area contributed by atoms with Crippen LogP contribution in [0.25, 0.3) is 0 Å². The molecule has 1 aromatic carbocycles. The number of nitrogens with one attached hydrogen (secondary N) is 1. The maximum atomic E-state index is 3.65. The van der Waals surface area contributed by atoms with Crippen LogP contribution in [0.2, 0.25) is 0 Å². The van der Waals surface area contributed by atoms with E-state index >= 15 is 0 Å². The van der Waals surface area contributed by atoms with Crippen molar-refractivity contribution < 1.29 is 0 Å². The summed E-state index contributed by atoms with van der Waals surface area (Å²) in [6, 6.07) is 9.01. The zero-order valence-corrected chi connectivity index (χ0v) is 14.1. The standard InChI is InChI=1S/C15H23BrN2.ClH/c1-12(14-5-3-4-6-15(14)16)18(2)11-13-7-9-17-10-8-13;/h3-6,12-13,17H,7-11H2,1-2H3;1H. The lowest BCUT2D eigenvalue weighted by atomic mass is 9.96. The molecule has 108 valence electrons. The van der Waals surface area contributed by atoms with Crippen molar-refractivity contribution in [3.05, 3.63) is 34.3 Å². The highest BCUT2D eigenvalue weighted by Gasteiger charge is 2.19. The lowest BCUT2D eigenvalue weighted by molar-refractivity contribution is 0.196. The smallest absolute Gasteiger partial charge is 0.0328 e. The summed E-state index contributed by atoms with van der Waals surface area (Å²) in [5.41, 5.74) is 1.38. The van der Waals surface area contributed by atoms with Crippen LogP contribution in [0, 0.1) is 5.92 Å². The molecule has 0 saturated carbocycles. The van der Waals surface area contributed by atoms with Gasteiger partial charge in [0.1, 0.15) is 0 Å². The van der Waals surface area contributed by atoms with Crippen molar-refractivity contribution in [3.63, 3.8) is 0 Å². The number of benzene rings is 1. The topological polar surface area (TPSA) is 15.3 Å². The van der Waals surface area contributed by atoms with Crippen LogP contribution in [0.1, 0.15) is 31.4 Å². The second-order valence-corrected chi connectivity index (χ2v) is 6.18. The Kier molecular flexibility index (Phi) is 7.37. The highest BCUT2D eigenvalue weighted by molar-refractivity contribution is 9.10. The number of halogens is 2. The molecule has 0 spiro atoms. The van der Waals surface area contributed by atoms with E-state index in [0.717, 1.165) is 5.92 Å². The van der Waals surface area contributed by atoms with E-state index in [1.54, 1.807) is 0 Å². The van der Waals surface area contributed by atoms with Crippen molar-refractivity contribution in [1.82, 2.24) is 10.2 Å². The Morgan fingerprint density at radius 3 is 2.58 bits per heavy atom. The molecule has 1 aliphatic heterocycles. The van der Waals surface area contributed by atoms with Crippen LogP contribution in [0.5, 0.6) is 0 Å². The zero-order chi connectivity index (χ0) is 13.0. The molecular formula is C15H24BrClN2. The number of hydrogen-bond donors (Lipinski definition) is 1. The van der Waals surface area contributed by atoms with Crippen LogP contribution in [-0.2, 0) is 0 Å². The lowest BCUT2D eigenvalue weighted by Gasteiger charge is -2.31. The third-order valence-electron chi connectivity index (χ3n) is 4.02. The van der Waals surface area contributed by atoms with Gasteiger partial charge >= 0.3 is 0 Å². The van der Waals surface area contributed by atoms with Crippen LogP contribution >= 0.6 is 28.3 Å². The van der Waals surface area contributed by atoms with Crippen molar-refractivity contribution in [2.75, 3.05) is 26.7 Å². The summed E-state index contributed by atoms with van der Waals surface area (Å²) in [6.45, 7) is 5.86. The maximum absolute atomic E-state index is 3.65. The normalized spacial score (nSPS) is 18.1. The van der Waals surface area contributed by atoms with Gasteiger partial charge in [0.2, 0.25) is 0 Å². The monoisotopic (exact) mass is 346 g/mol. The Balaban J connectivity index is 0.00000180. The van der Waals surface area contributed by atoms with Crippen molar-refractivity contribution in [3.8, 4) is 0 Å². The first-order valence-corrected chi connectivity index (χ1v) is 7.63. The van der Waals surface area contributed by atoms with Gasteiger partial charge in [-0.1, -0.05) is 34.1 Å². The van der Waals surface area contributed by atoms with Crippen LogP contribution in [-0.4, -0.2) is 31.6 Å². The van der Waals surface area contributed by atoms with Crippen molar-refractivity contribution in [2.45, 2.75) is 25.8 Å². The first-order chi connectivity index (χ1) is 8.68. The summed E-state index contributed by atoms with van der Waals surface area (Å²) in [5, 5.41) is 3.43. The molecule has 0 aromatic heterocycles. The average molecular weight is 348 g/mol. The molecular weight excluding hydrogens is 324 g/mol. The van der Waals surface area contributed by atoms with E-state index in [4.69, 9.17) is 0 Å². The molecule has 2 nitrogen and oxygen atoms in total. The molecule has 1 fully saturated rings. The van der Waals surface area contributed by atoms with E-state index in [1.165, 1.54) is 42.5 Å². The fourth-order valence-corrected chi connectivity index (χ4v) is 3.30. The number of piperidine rings is 1. The Morgan fingerprint density at radius 2 is 1.95 bits per heavy atom. The fourth-order valence-electron chi connectivity index (χ4n) is 2.68. The minimum absolute atomic E-state index is 0. The Morgan fingerprint density at radius 1 is 1.32 bits per heavy atom. The van der Waals surface area contributed by atoms with E-state index < -0.39 is 0 Å². The van der Waals surface area contributed by atoms with E-state index in [9.17, 15) is 0 Å². The molecule has 0 amide bonds. The van der Waals surface area contributed by atoms with Gasteiger partial charge in [-0.3, -0.25) is 4.90 Å². The molecule has 1 aromatic rings. The molecule has 0 bridgehead atoms. The van der Waals surface area contributed by atoms with Gasteiger partial charge in [0.05, 0.1) is 0 Å². The summed E-state index contributed by atoms with van der Waals surface area (Å²) < 4.78 is 1.22. The van der Waals surface area contributed by atoms with Gasteiger partial charge in [0, 0.05) is 17.1 Å². The minimum atomic E-state index is 0. The van der Waals surface area contributed by atoms with Crippen LogP contribution in [0.4, 0.5) is 0 Å². The number of rotatable bonds is 4. The molecule has 1 unspecified atom stereocenters. The molecule has 1 N–H and O–H groups in total. The van der Waals surface area contributed by atoms with Crippen molar-refractivity contribution in [1.29, 1.82) is 0 Å². The zero-order valence-electron chi connectivity index (χ0n) is 11.7. The van der Waals surface area contributed by atoms with Gasteiger partial charge in [0.15, 0.2) is 0 Å². The lowest BCUT2D eigenvalue weighted by Crippen LogP contribution is -2.35. The average Bonchev–Trinajstić information content (AvgIpc) is 2.39. The van der Waals surface area contributed by atoms with E-state index in [1.807, 2.05) is 0 Å². The predicted octanol–water partition coefficient (Wildman–Crippen LogP) is 3.86. The second-order valence-electron chi connectivity index (χ2n) is 5.33. The summed E-state index contributed by atoms with van der Waals surface area (Å²) in [5.74, 6) is 0.848. The van der Waals surface area contributed by atoms with E-state index in [2.05, 4.69) is 64.4 Å². The third kappa shape index (κ3) is 4.75. The van der Waals surface area contributed by atoms with Crippen molar-refractivity contribution >= 4 is 28.3 Å². The molecule has 1 atom stereocenters. The SMILES string of the molecule is CC(c1ccccc1Br)N(C)CC1CCNCC1.Cl. The highest BCUT2D eigenvalue weighted by atomic mass is 79.9. The summed E-state index contributed by atoms with van der Waals surface area (Å²) >= 11 is 3.65. The van der Waals surface area contributed by atoms with Gasteiger partial charge in [-0.25, -0.2) is 0 Å². The molecule has 1 saturated heterocycles. The molecule has 19 heavy (non-hydrogen) atoms. The largest absolute Gasteiger partial charge is 0.317 e. The second kappa shape index (κ2) is 8.25. The van der Waals surface area contributed by atoms with Gasteiger partial charge in [-0.2, -0.15) is 0 Å². The Labute approximate surface area is 131 Å². The number of hydrogen-bond acceptors (Lipinski definition) is 2. The fraction of sp³-hybridized carbons (Fsp3) is 0.600. The summed E-state index contributed by atoms with van der Waals surface area (Å²) in [4.78, 5) is 2.48. The number of nitrogens with zero attached hydrogens (tertiary/aromatic N) is 1. The van der Waals surface area contributed by atoms with Gasteiger partial charge in [0.25, 0.3) is 0 Å². The molecule has 1 heterocycles. The Bertz CT molecular complexity index is 380. The van der Waals surface area contributed by atoms with Gasteiger partial charge in [-0.05, 0) is 57.5 Å². The summed E-state index contributed by atoms with van der Waals surface area (Å²) in [6.07, 6.45) is 2.63. The quantitative estimate of drug-likeness (QED) is 0.889. The molecule has 2 rings (SSSR count). The van der Waals surface area contributed by atoms with Crippen LogP contribution < -0.4 is 5.32 Å². The molecule has 1 aliphatic rings. The third-order valence-corrected chi connectivity index (χ3v) is 4.74. The van der Waals surface area contributed by atoms with E-state index in [-0.39, 0.29) is 12.4 Å². The highest BCUT2D eigenvalue weighted by Crippen LogP contribution is 2.27. The Hall–Kier alpha value is -0.0900. The first kappa shape index (κ1) is 17.0. The van der Waals surface area contributed by atoms with Crippen LogP contribution in [0.3, 0.4) is 0 Å². The maximum Gasteiger partial charge on any atom is 0.0328 e. The first-order valence-electron chi connectivity index (χ1n) is 6.84. The van der Waals surface area contributed by atoms with E-state index in [0.29, 0.717) is 6.04 Å². The minimum Gasteiger partial charge on any atom is -0.317 e. The molecule has 4 heteroatoms. The van der Waals surface area contributed by atoms with Crippen molar-refractivity contribution in [2.24, 2.45) is 5.92 Å². The van der Waals surface area contributed by atoms with Crippen LogP contribution in [0.15, 0.2) is 28.7 Å². The molecule has 0 aliphatic carbocycles.